The van der Waals surface area contributed by atoms with Gasteiger partial charge < -0.3 is 5.11 Å². The van der Waals surface area contributed by atoms with Crippen LogP contribution in [0.2, 0.25) is 0 Å². The fourth-order valence-electron chi connectivity index (χ4n) is 2.48. The molecule has 1 heterocycles. The molecule has 1 saturated heterocycles. The molecule has 2 rings (SSSR count). The van der Waals surface area contributed by atoms with E-state index in [0.29, 0.717) is 23.9 Å². The molecule has 0 aromatic heterocycles. The zero-order valence-corrected chi connectivity index (χ0v) is 12.1. The van der Waals surface area contributed by atoms with Crippen LogP contribution in [0, 0.1) is 12.8 Å². The normalized spacial score (nSPS) is 18.6. The molecule has 0 amide bonds. The van der Waals surface area contributed by atoms with E-state index in [9.17, 15) is 8.42 Å². The molecule has 1 aromatic rings. The van der Waals surface area contributed by atoms with Gasteiger partial charge in [-0.15, -0.1) is 0 Å². The summed E-state index contributed by atoms with van der Waals surface area (Å²) in [4.78, 5) is 0.374. The Morgan fingerprint density at radius 2 is 1.79 bits per heavy atom. The molecule has 1 fully saturated rings. The van der Waals surface area contributed by atoms with E-state index in [1.54, 1.807) is 16.4 Å². The summed E-state index contributed by atoms with van der Waals surface area (Å²) in [6.45, 7) is 3.24. The maximum Gasteiger partial charge on any atom is 0.243 e. The highest BCUT2D eigenvalue weighted by Gasteiger charge is 2.28. The zero-order valence-electron chi connectivity index (χ0n) is 11.2. The number of piperidine rings is 1. The first-order valence-corrected chi connectivity index (χ1v) is 8.15. The van der Waals surface area contributed by atoms with Crippen molar-refractivity contribution in [3.05, 3.63) is 29.8 Å². The molecular formula is C14H21NO3S. The van der Waals surface area contributed by atoms with Crippen molar-refractivity contribution in [3.63, 3.8) is 0 Å². The molecule has 0 aliphatic carbocycles. The molecule has 5 heteroatoms. The van der Waals surface area contributed by atoms with E-state index in [1.165, 1.54) is 0 Å². The number of hydrogen-bond donors (Lipinski definition) is 1. The number of benzene rings is 1. The van der Waals surface area contributed by atoms with Gasteiger partial charge in [-0.25, -0.2) is 8.42 Å². The fraction of sp³-hybridized carbons (Fsp3) is 0.571. The van der Waals surface area contributed by atoms with E-state index in [0.717, 1.165) is 24.8 Å². The molecule has 0 spiro atoms. The van der Waals surface area contributed by atoms with Crippen LogP contribution in [0.4, 0.5) is 0 Å². The van der Waals surface area contributed by atoms with Gasteiger partial charge in [-0.3, -0.25) is 0 Å². The second-order valence-electron chi connectivity index (χ2n) is 5.17. The van der Waals surface area contributed by atoms with Crippen LogP contribution in [-0.4, -0.2) is 37.5 Å². The van der Waals surface area contributed by atoms with Gasteiger partial charge in [0.2, 0.25) is 10.0 Å². The van der Waals surface area contributed by atoms with Crippen LogP contribution in [0.1, 0.15) is 24.8 Å². The van der Waals surface area contributed by atoms with Gasteiger partial charge in [0.05, 0.1) is 4.90 Å². The van der Waals surface area contributed by atoms with E-state index in [4.69, 9.17) is 5.11 Å². The number of aryl methyl sites for hydroxylation is 1. The molecule has 4 nitrogen and oxygen atoms in total. The lowest BCUT2D eigenvalue weighted by molar-refractivity contribution is 0.208. The summed E-state index contributed by atoms with van der Waals surface area (Å²) in [5.74, 6) is 0.453. The minimum atomic E-state index is -3.35. The maximum absolute atomic E-state index is 12.4. The van der Waals surface area contributed by atoms with Crippen molar-refractivity contribution < 1.29 is 13.5 Å². The summed E-state index contributed by atoms with van der Waals surface area (Å²) >= 11 is 0. The third kappa shape index (κ3) is 3.35. The number of sulfonamides is 1. The van der Waals surface area contributed by atoms with Crippen LogP contribution in [0.15, 0.2) is 29.2 Å². The average Bonchev–Trinajstić information content (AvgIpc) is 2.40. The number of aliphatic hydroxyl groups excluding tert-OH is 1. The lowest BCUT2D eigenvalue weighted by atomic mass is 9.95. The molecule has 0 radical (unpaired) electrons. The second kappa shape index (κ2) is 6.03. The van der Waals surface area contributed by atoms with Crippen molar-refractivity contribution in [2.24, 2.45) is 5.92 Å². The van der Waals surface area contributed by atoms with Crippen LogP contribution < -0.4 is 0 Å². The Hall–Kier alpha value is -0.910. The lowest BCUT2D eigenvalue weighted by Crippen LogP contribution is -2.38. The monoisotopic (exact) mass is 283 g/mol. The quantitative estimate of drug-likeness (QED) is 0.916. The molecule has 0 saturated carbocycles. The molecule has 1 N–H and O–H groups in total. The highest BCUT2D eigenvalue weighted by molar-refractivity contribution is 7.89. The minimum absolute atomic E-state index is 0.190. The molecule has 1 aliphatic heterocycles. The van der Waals surface area contributed by atoms with Crippen molar-refractivity contribution in [2.75, 3.05) is 19.7 Å². The number of hydrogen-bond acceptors (Lipinski definition) is 3. The van der Waals surface area contributed by atoms with Gasteiger partial charge >= 0.3 is 0 Å². The van der Waals surface area contributed by atoms with Gasteiger partial charge in [-0.2, -0.15) is 4.31 Å². The van der Waals surface area contributed by atoms with Crippen molar-refractivity contribution in [1.82, 2.24) is 4.31 Å². The Morgan fingerprint density at radius 1 is 1.21 bits per heavy atom. The first kappa shape index (κ1) is 14.5. The summed E-state index contributed by atoms with van der Waals surface area (Å²) in [5.41, 5.74) is 1.06. The van der Waals surface area contributed by atoms with Crippen molar-refractivity contribution in [3.8, 4) is 0 Å². The Labute approximate surface area is 115 Å². The molecular weight excluding hydrogens is 262 g/mol. The zero-order chi connectivity index (χ0) is 13.9. The first-order valence-electron chi connectivity index (χ1n) is 6.71. The van der Waals surface area contributed by atoms with Gasteiger partial charge in [0.1, 0.15) is 0 Å². The predicted octanol–water partition coefficient (Wildman–Crippen LogP) is 1.78. The average molecular weight is 283 g/mol. The molecule has 0 atom stereocenters. The topological polar surface area (TPSA) is 57.6 Å². The summed E-state index contributed by atoms with van der Waals surface area (Å²) in [6.07, 6.45) is 2.45. The summed E-state index contributed by atoms with van der Waals surface area (Å²) in [6, 6.07) is 6.99. The van der Waals surface area contributed by atoms with E-state index >= 15 is 0 Å². The summed E-state index contributed by atoms with van der Waals surface area (Å²) < 4.78 is 26.4. The van der Waals surface area contributed by atoms with Crippen LogP contribution in [-0.2, 0) is 10.0 Å². The summed E-state index contributed by atoms with van der Waals surface area (Å²) in [5, 5.41) is 8.92. The van der Waals surface area contributed by atoms with Gasteiger partial charge in [-0.05, 0) is 44.2 Å². The third-order valence-electron chi connectivity index (χ3n) is 3.77. The second-order valence-corrected chi connectivity index (χ2v) is 7.11. The fourth-order valence-corrected chi connectivity index (χ4v) is 3.95. The van der Waals surface area contributed by atoms with Gasteiger partial charge in [-0.1, -0.05) is 17.7 Å². The lowest BCUT2D eigenvalue weighted by Gasteiger charge is -2.30. The number of aliphatic hydroxyl groups is 1. The standard InChI is InChI=1S/C14H21NO3S/c1-12-2-4-14(5-3-12)19(17,18)15-9-6-13(7-10-15)8-11-16/h2-5,13,16H,6-11H2,1H3. The van der Waals surface area contributed by atoms with Crippen LogP contribution in [0.25, 0.3) is 0 Å². The SMILES string of the molecule is Cc1ccc(S(=O)(=O)N2CCC(CCO)CC2)cc1. The van der Waals surface area contributed by atoms with Crippen molar-refractivity contribution >= 4 is 10.0 Å². The van der Waals surface area contributed by atoms with E-state index < -0.39 is 10.0 Å². The molecule has 1 aromatic carbocycles. The van der Waals surface area contributed by atoms with Gasteiger partial charge in [0.15, 0.2) is 0 Å². The maximum atomic E-state index is 12.4. The Morgan fingerprint density at radius 3 is 2.32 bits per heavy atom. The van der Waals surface area contributed by atoms with E-state index in [-0.39, 0.29) is 6.61 Å². The Balaban J connectivity index is 2.07. The highest BCUT2D eigenvalue weighted by atomic mass is 32.2. The van der Waals surface area contributed by atoms with Crippen LogP contribution in [0.3, 0.4) is 0 Å². The van der Waals surface area contributed by atoms with E-state index in [2.05, 4.69) is 0 Å². The smallest absolute Gasteiger partial charge is 0.243 e. The van der Waals surface area contributed by atoms with Gasteiger partial charge in [0, 0.05) is 19.7 Å². The number of nitrogens with zero attached hydrogens (tertiary/aromatic N) is 1. The minimum Gasteiger partial charge on any atom is -0.396 e. The predicted molar refractivity (Wildman–Crippen MR) is 74.4 cm³/mol. The third-order valence-corrected chi connectivity index (χ3v) is 5.68. The van der Waals surface area contributed by atoms with E-state index in [1.807, 2.05) is 19.1 Å². The molecule has 1 aliphatic rings. The highest BCUT2D eigenvalue weighted by Crippen LogP contribution is 2.25. The Bertz CT molecular complexity index is 502. The van der Waals surface area contributed by atoms with Crippen molar-refractivity contribution in [1.29, 1.82) is 0 Å². The molecule has 0 bridgehead atoms. The molecule has 0 unspecified atom stereocenters. The first-order chi connectivity index (χ1) is 9.04. The molecule has 19 heavy (non-hydrogen) atoms. The van der Waals surface area contributed by atoms with Crippen molar-refractivity contribution in [2.45, 2.75) is 31.1 Å². The van der Waals surface area contributed by atoms with Crippen LogP contribution in [0.5, 0.6) is 0 Å². The molecule has 106 valence electrons. The Kier molecular flexibility index (Phi) is 4.60. The largest absolute Gasteiger partial charge is 0.396 e. The van der Waals surface area contributed by atoms with Crippen LogP contribution >= 0.6 is 0 Å². The summed E-state index contributed by atoms with van der Waals surface area (Å²) in [7, 11) is -3.35. The van der Waals surface area contributed by atoms with Gasteiger partial charge in [0.25, 0.3) is 0 Å². The number of rotatable bonds is 4.